The Morgan fingerprint density at radius 2 is 1.80 bits per heavy atom. The van der Waals surface area contributed by atoms with Crippen molar-refractivity contribution in [3.05, 3.63) is 59.7 Å². The van der Waals surface area contributed by atoms with Crippen LogP contribution < -0.4 is 20.9 Å². The Labute approximate surface area is 144 Å². The number of hydrazine groups is 1. The highest BCUT2D eigenvalue weighted by Crippen LogP contribution is 2.29. The molecule has 0 saturated carbocycles. The minimum absolute atomic E-state index is 0.214. The number of anilines is 1. The van der Waals surface area contributed by atoms with Crippen molar-refractivity contribution in [2.45, 2.75) is 19.4 Å². The maximum Gasteiger partial charge on any atom is 0.269 e. The molecule has 0 radical (unpaired) electrons. The molecule has 0 aromatic heterocycles. The molecular formula is C18H17N3O4. The van der Waals surface area contributed by atoms with Crippen molar-refractivity contribution in [3.8, 4) is 5.75 Å². The van der Waals surface area contributed by atoms with E-state index in [1.807, 2.05) is 6.92 Å². The second-order valence-corrected chi connectivity index (χ2v) is 5.66. The molecule has 2 aromatic rings. The van der Waals surface area contributed by atoms with Crippen molar-refractivity contribution in [3.63, 3.8) is 0 Å². The van der Waals surface area contributed by atoms with E-state index in [0.29, 0.717) is 17.0 Å². The molecule has 0 aliphatic carbocycles. The van der Waals surface area contributed by atoms with Crippen LogP contribution in [-0.2, 0) is 9.59 Å². The van der Waals surface area contributed by atoms with Crippen LogP contribution in [0.1, 0.15) is 22.3 Å². The van der Waals surface area contributed by atoms with E-state index in [1.54, 1.807) is 48.5 Å². The number of carbonyl (C=O) groups excluding carboxylic acids is 3. The maximum atomic E-state index is 12.0. The van der Waals surface area contributed by atoms with Crippen molar-refractivity contribution < 1.29 is 19.1 Å². The summed E-state index contributed by atoms with van der Waals surface area (Å²) in [7, 11) is 0. The number of hydrogen-bond donors (Lipinski definition) is 3. The first-order valence-electron chi connectivity index (χ1n) is 7.75. The molecular weight excluding hydrogens is 322 g/mol. The van der Waals surface area contributed by atoms with Gasteiger partial charge in [0.05, 0.1) is 12.1 Å². The Balaban J connectivity index is 1.53. The summed E-state index contributed by atoms with van der Waals surface area (Å²) >= 11 is 0. The smallest absolute Gasteiger partial charge is 0.269 e. The van der Waals surface area contributed by atoms with Crippen LogP contribution in [0.15, 0.2) is 48.5 Å². The lowest BCUT2D eigenvalue weighted by Crippen LogP contribution is -2.46. The number of para-hydroxylation sites is 2. The molecule has 0 unspecified atom stereocenters. The molecule has 3 rings (SSSR count). The third-order valence-corrected chi connectivity index (χ3v) is 3.71. The van der Waals surface area contributed by atoms with E-state index < -0.39 is 23.8 Å². The second kappa shape index (κ2) is 7.04. The SMILES string of the molecule is Cc1ccc(C(=O)NNC(=O)C[C@H]2Oc3ccccc3NC2=O)cc1. The third kappa shape index (κ3) is 3.95. The van der Waals surface area contributed by atoms with Crippen molar-refractivity contribution >= 4 is 23.4 Å². The van der Waals surface area contributed by atoms with Gasteiger partial charge in [-0.05, 0) is 31.2 Å². The van der Waals surface area contributed by atoms with Gasteiger partial charge < -0.3 is 10.1 Å². The van der Waals surface area contributed by atoms with Crippen molar-refractivity contribution in [2.75, 3.05) is 5.32 Å². The van der Waals surface area contributed by atoms with E-state index in [1.165, 1.54) is 0 Å². The molecule has 3 N–H and O–H groups in total. The molecule has 128 valence electrons. The Bertz CT molecular complexity index is 817. The summed E-state index contributed by atoms with van der Waals surface area (Å²) in [5.74, 6) is -0.866. The fourth-order valence-corrected chi connectivity index (χ4v) is 2.35. The number of hydrogen-bond acceptors (Lipinski definition) is 4. The zero-order valence-corrected chi connectivity index (χ0v) is 13.5. The highest BCUT2D eigenvalue weighted by atomic mass is 16.5. The van der Waals surface area contributed by atoms with Gasteiger partial charge in [0, 0.05) is 5.56 Å². The Morgan fingerprint density at radius 3 is 2.56 bits per heavy atom. The molecule has 1 atom stereocenters. The first kappa shape index (κ1) is 16.5. The lowest BCUT2D eigenvalue weighted by molar-refractivity contribution is -0.130. The molecule has 0 fully saturated rings. The van der Waals surface area contributed by atoms with Gasteiger partial charge in [-0.1, -0.05) is 29.8 Å². The summed E-state index contributed by atoms with van der Waals surface area (Å²) in [6.07, 6.45) is -1.17. The van der Waals surface area contributed by atoms with E-state index in [4.69, 9.17) is 4.74 Å². The van der Waals surface area contributed by atoms with Crippen LogP contribution in [0.25, 0.3) is 0 Å². The molecule has 0 spiro atoms. The highest BCUT2D eigenvalue weighted by Gasteiger charge is 2.29. The molecule has 0 saturated heterocycles. The van der Waals surface area contributed by atoms with Crippen molar-refractivity contribution in [2.24, 2.45) is 0 Å². The molecule has 2 aromatic carbocycles. The van der Waals surface area contributed by atoms with E-state index >= 15 is 0 Å². The Kier molecular flexibility index (Phi) is 4.65. The van der Waals surface area contributed by atoms with E-state index in [2.05, 4.69) is 16.2 Å². The summed E-state index contributed by atoms with van der Waals surface area (Å²) in [6.45, 7) is 1.91. The van der Waals surface area contributed by atoms with Crippen molar-refractivity contribution in [1.82, 2.24) is 10.9 Å². The van der Waals surface area contributed by atoms with Gasteiger partial charge in [-0.25, -0.2) is 0 Å². The molecule has 3 amide bonds. The fraction of sp³-hybridized carbons (Fsp3) is 0.167. The lowest BCUT2D eigenvalue weighted by Gasteiger charge is -2.25. The van der Waals surface area contributed by atoms with Crippen LogP contribution in [0, 0.1) is 6.92 Å². The number of ether oxygens (including phenoxy) is 1. The number of aryl methyl sites for hydroxylation is 1. The number of amides is 3. The first-order valence-corrected chi connectivity index (χ1v) is 7.75. The van der Waals surface area contributed by atoms with Crippen LogP contribution in [0.5, 0.6) is 5.75 Å². The van der Waals surface area contributed by atoms with Crippen LogP contribution in [0.3, 0.4) is 0 Å². The normalized spacial score (nSPS) is 15.4. The molecule has 1 aliphatic heterocycles. The van der Waals surface area contributed by atoms with Gasteiger partial charge in [0.2, 0.25) is 5.91 Å². The van der Waals surface area contributed by atoms with Crippen LogP contribution >= 0.6 is 0 Å². The topological polar surface area (TPSA) is 96.5 Å². The summed E-state index contributed by atoms with van der Waals surface area (Å²) in [5.41, 5.74) is 6.62. The van der Waals surface area contributed by atoms with E-state index in [-0.39, 0.29) is 6.42 Å². The minimum atomic E-state index is -0.953. The average Bonchev–Trinajstić information content (AvgIpc) is 2.61. The van der Waals surface area contributed by atoms with Crippen LogP contribution in [0.2, 0.25) is 0 Å². The Morgan fingerprint density at radius 1 is 1.08 bits per heavy atom. The van der Waals surface area contributed by atoms with E-state index in [0.717, 1.165) is 5.56 Å². The number of nitrogens with one attached hydrogen (secondary N) is 3. The number of fused-ring (bicyclic) bond motifs is 1. The monoisotopic (exact) mass is 339 g/mol. The van der Waals surface area contributed by atoms with Gasteiger partial charge in [-0.15, -0.1) is 0 Å². The lowest BCUT2D eigenvalue weighted by atomic mass is 10.1. The van der Waals surface area contributed by atoms with Crippen LogP contribution in [0.4, 0.5) is 5.69 Å². The first-order chi connectivity index (χ1) is 12.0. The van der Waals surface area contributed by atoms with Gasteiger partial charge >= 0.3 is 0 Å². The van der Waals surface area contributed by atoms with Crippen LogP contribution in [-0.4, -0.2) is 23.8 Å². The molecule has 1 heterocycles. The summed E-state index contributed by atoms with van der Waals surface area (Å²) < 4.78 is 5.53. The maximum absolute atomic E-state index is 12.0. The zero-order chi connectivity index (χ0) is 17.8. The fourth-order valence-electron chi connectivity index (χ4n) is 2.35. The van der Waals surface area contributed by atoms with Gasteiger partial charge in [-0.3, -0.25) is 25.2 Å². The van der Waals surface area contributed by atoms with Crippen molar-refractivity contribution in [1.29, 1.82) is 0 Å². The van der Waals surface area contributed by atoms with Gasteiger partial charge in [0.25, 0.3) is 11.8 Å². The molecule has 25 heavy (non-hydrogen) atoms. The predicted molar refractivity (Wildman–Crippen MR) is 90.9 cm³/mol. The standard InChI is InChI=1S/C18H17N3O4/c1-11-6-8-12(9-7-11)17(23)21-20-16(22)10-15-18(24)19-13-4-2-3-5-14(13)25-15/h2-9,15H,10H2,1H3,(H,19,24)(H,20,22)(H,21,23)/t15-/m1/s1. The third-order valence-electron chi connectivity index (χ3n) is 3.71. The van der Waals surface area contributed by atoms with Gasteiger partial charge in [-0.2, -0.15) is 0 Å². The number of benzene rings is 2. The molecule has 0 bridgehead atoms. The summed E-state index contributed by atoms with van der Waals surface area (Å²) in [4.78, 5) is 35.9. The quantitative estimate of drug-likeness (QED) is 0.739. The largest absolute Gasteiger partial charge is 0.478 e. The number of rotatable bonds is 3. The average molecular weight is 339 g/mol. The number of carbonyl (C=O) groups is 3. The minimum Gasteiger partial charge on any atom is -0.478 e. The zero-order valence-electron chi connectivity index (χ0n) is 13.5. The Hall–Kier alpha value is -3.35. The van der Waals surface area contributed by atoms with E-state index in [9.17, 15) is 14.4 Å². The summed E-state index contributed by atoms with van der Waals surface area (Å²) in [5, 5.41) is 2.68. The van der Waals surface area contributed by atoms with Gasteiger partial charge in [0.1, 0.15) is 5.75 Å². The molecule has 1 aliphatic rings. The predicted octanol–water partition coefficient (Wildman–Crippen LogP) is 1.55. The highest BCUT2D eigenvalue weighted by molar-refractivity contribution is 6.00. The summed E-state index contributed by atoms with van der Waals surface area (Å²) in [6, 6.07) is 13.9. The van der Waals surface area contributed by atoms with Gasteiger partial charge in [0.15, 0.2) is 6.10 Å². The molecule has 7 nitrogen and oxygen atoms in total. The second-order valence-electron chi connectivity index (χ2n) is 5.66. The molecule has 7 heteroatoms.